The SMILES string of the molecule is C=CCOC12Oc3ccc(Oc4ccc(OC)c(C=O)c4)cc3C3C(CCCCO)C(CCCCO)C=C(C(=NOCc4ccccc4)CC1SCCc1cnccn1)C32. The highest BCUT2D eigenvalue weighted by atomic mass is 32.2. The standard InChI is InChI=1S/C48H55N3O8S/c1-3-24-56-48-45(60-25-19-36-30-49-20-21-50-36)29-42(51-57-32-33-11-5-4-6-12-33)40-27-34(13-7-9-22-52)39(14-8-10-23-53)46(47(40)48)41-28-38(16-18-44(41)59-48)58-37-15-17-43(55-2)35(26-37)31-54/h3-6,11-12,15-18,20-21,26-28,30-31,34,39,45-47,52-53H,1,7-10,13-14,19,22-25,29,32H2,2H3. The van der Waals surface area contributed by atoms with E-state index in [1.54, 1.807) is 54.6 Å². The highest BCUT2D eigenvalue weighted by molar-refractivity contribution is 8.00. The molecule has 1 saturated carbocycles. The summed E-state index contributed by atoms with van der Waals surface area (Å²) in [4.78, 5) is 26.9. The molecule has 0 saturated heterocycles. The molecule has 1 fully saturated rings. The van der Waals surface area contributed by atoms with Crippen LogP contribution >= 0.6 is 11.8 Å². The zero-order valence-electron chi connectivity index (χ0n) is 34.2. The van der Waals surface area contributed by atoms with Crippen molar-refractivity contribution in [2.45, 2.75) is 74.9 Å². The van der Waals surface area contributed by atoms with E-state index in [-0.39, 0.29) is 48.7 Å². The lowest BCUT2D eigenvalue weighted by molar-refractivity contribution is -0.223. The maximum atomic E-state index is 11.9. The number of nitrogens with zero attached hydrogens (tertiary/aromatic N) is 3. The van der Waals surface area contributed by atoms with Gasteiger partial charge in [0, 0.05) is 56.1 Å². The molecule has 11 nitrogen and oxygen atoms in total. The van der Waals surface area contributed by atoms with Gasteiger partial charge in [0.1, 0.15) is 29.6 Å². The van der Waals surface area contributed by atoms with Crippen molar-refractivity contribution >= 4 is 23.8 Å². The van der Waals surface area contributed by atoms with E-state index in [4.69, 9.17) is 28.9 Å². The Morgan fingerprint density at radius 1 is 1.00 bits per heavy atom. The zero-order chi connectivity index (χ0) is 41.7. The van der Waals surface area contributed by atoms with E-state index < -0.39 is 5.79 Å². The Bertz CT molecular complexity index is 2100. The van der Waals surface area contributed by atoms with Crippen LogP contribution in [0.2, 0.25) is 0 Å². The van der Waals surface area contributed by atoms with E-state index in [0.717, 1.165) is 71.6 Å². The molecule has 0 bridgehead atoms. The van der Waals surface area contributed by atoms with Crippen LogP contribution in [0.15, 0.2) is 115 Å². The first-order valence-corrected chi connectivity index (χ1v) is 22.0. The zero-order valence-corrected chi connectivity index (χ0v) is 35.0. The van der Waals surface area contributed by atoms with Crippen molar-refractivity contribution in [3.05, 3.63) is 132 Å². The van der Waals surface area contributed by atoms with Crippen LogP contribution in [-0.2, 0) is 22.6 Å². The number of ether oxygens (including phenoxy) is 4. The summed E-state index contributed by atoms with van der Waals surface area (Å²) in [6.45, 7) is 4.90. The van der Waals surface area contributed by atoms with Crippen molar-refractivity contribution in [1.82, 2.24) is 9.97 Å². The van der Waals surface area contributed by atoms with Gasteiger partial charge in [0.25, 0.3) is 0 Å². The number of hydrogen-bond donors (Lipinski definition) is 2. The number of benzene rings is 3. The molecule has 1 aliphatic heterocycles. The number of unbranched alkanes of at least 4 members (excludes halogenated alkanes) is 2. The van der Waals surface area contributed by atoms with Crippen molar-refractivity contribution < 1.29 is 38.8 Å². The van der Waals surface area contributed by atoms with Gasteiger partial charge in [0.05, 0.1) is 41.9 Å². The Morgan fingerprint density at radius 3 is 2.55 bits per heavy atom. The van der Waals surface area contributed by atoms with Crippen molar-refractivity contribution in [3.63, 3.8) is 0 Å². The third-order valence-electron chi connectivity index (χ3n) is 11.7. The number of carbonyl (C=O) groups excluding carboxylic acids is 1. The molecular formula is C48H55N3O8S. The third kappa shape index (κ3) is 9.78. The number of thioether (sulfide) groups is 1. The lowest BCUT2D eigenvalue weighted by Crippen LogP contribution is -2.64. The third-order valence-corrected chi connectivity index (χ3v) is 13.1. The molecule has 3 aromatic carbocycles. The van der Waals surface area contributed by atoms with Gasteiger partial charge in [0.2, 0.25) is 5.79 Å². The maximum absolute atomic E-state index is 11.9. The van der Waals surface area contributed by atoms with E-state index in [0.29, 0.717) is 55.1 Å². The number of aliphatic hydroxyl groups excluding tert-OH is 2. The smallest absolute Gasteiger partial charge is 0.230 e. The minimum Gasteiger partial charge on any atom is -0.496 e. The summed E-state index contributed by atoms with van der Waals surface area (Å²) in [6.07, 6.45) is 16.2. The number of methoxy groups -OCH3 is 1. The molecule has 316 valence electrons. The monoisotopic (exact) mass is 833 g/mol. The normalized spacial score (nSPS) is 23.4. The van der Waals surface area contributed by atoms with Crippen molar-refractivity contribution in [2.24, 2.45) is 22.9 Å². The molecule has 0 amide bonds. The average Bonchev–Trinajstić information content (AvgIpc) is 3.28. The number of fused-ring (bicyclic) bond motifs is 2. The molecular weight excluding hydrogens is 779 g/mol. The first kappa shape index (κ1) is 43.1. The van der Waals surface area contributed by atoms with Crippen LogP contribution < -0.4 is 14.2 Å². The number of aromatic nitrogens is 2. The Balaban J connectivity index is 1.36. The average molecular weight is 834 g/mol. The summed E-state index contributed by atoms with van der Waals surface area (Å²) >= 11 is 1.79. The Kier molecular flexibility index (Phi) is 15.1. The van der Waals surface area contributed by atoms with Crippen LogP contribution in [0, 0.1) is 17.8 Å². The van der Waals surface area contributed by atoms with Crippen LogP contribution in [-0.4, -0.2) is 75.9 Å². The summed E-state index contributed by atoms with van der Waals surface area (Å²) in [6, 6.07) is 21.2. The summed E-state index contributed by atoms with van der Waals surface area (Å²) in [5.41, 5.74) is 5.25. The summed E-state index contributed by atoms with van der Waals surface area (Å²) in [5.74, 6) is 1.80. The predicted octanol–water partition coefficient (Wildman–Crippen LogP) is 8.90. The quantitative estimate of drug-likeness (QED) is 0.0339. The van der Waals surface area contributed by atoms with Crippen molar-refractivity contribution in [3.8, 4) is 23.0 Å². The molecule has 1 aromatic heterocycles. The number of oxime groups is 1. The fourth-order valence-electron chi connectivity index (χ4n) is 9.07. The second kappa shape index (κ2) is 21.0. The molecule has 2 N–H and O–H groups in total. The number of hydrogen-bond acceptors (Lipinski definition) is 12. The van der Waals surface area contributed by atoms with Crippen LogP contribution in [0.25, 0.3) is 0 Å². The number of aliphatic hydroxyl groups is 2. The van der Waals surface area contributed by atoms with Crippen molar-refractivity contribution in [2.75, 3.05) is 32.7 Å². The van der Waals surface area contributed by atoms with Gasteiger partial charge in [-0.05, 0) is 90.8 Å². The van der Waals surface area contributed by atoms with E-state index in [9.17, 15) is 15.0 Å². The number of rotatable bonds is 22. The maximum Gasteiger partial charge on any atom is 0.230 e. The first-order valence-electron chi connectivity index (χ1n) is 20.9. The molecule has 6 atom stereocenters. The Hall–Kier alpha value is -5.01. The summed E-state index contributed by atoms with van der Waals surface area (Å²) in [7, 11) is 1.53. The van der Waals surface area contributed by atoms with Gasteiger partial charge in [-0.2, -0.15) is 11.8 Å². The molecule has 2 aliphatic carbocycles. The lowest BCUT2D eigenvalue weighted by atomic mass is 9.56. The molecule has 0 spiro atoms. The highest BCUT2D eigenvalue weighted by Crippen LogP contribution is 2.62. The van der Waals surface area contributed by atoms with Gasteiger partial charge in [0.15, 0.2) is 6.29 Å². The molecule has 12 heteroatoms. The van der Waals surface area contributed by atoms with Gasteiger partial charge < -0.3 is 34.0 Å². The van der Waals surface area contributed by atoms with Gasteiger partial charge >= 0.3 is 0 Å². The fraction of sp³-hybridized carbons (Fsp3) is 0.417. The first-order chi connectivity index (χ1) is 29.5. The number of aldehydes is 1. The number of carbonyl (C=O) groups is 1. The van der Waals surface area contributed by atoms with Gasteiger partial charge in [-0.15, -0.1) is 6.58 Å². The number of allylic oxidation sites excluding steroid dienone is 1. The minimum absolute atomic E-state index is 0.107. The molecule has 3 aliphatic rings. The van der Waals surface area contributed by atoms with Gasteiger partial charge in [-0.1, -0.05) is 60.5 Å². The molecule has 7 rings (SSSR count). The summed E-state index contributed by atoms with van der Waals surface area (Å²) in [5, 5.41) is 24.6. The van der Waals surface area contributed by atoms with E-state index >= 15 is 0 Å². The van der Waals surface area contributed by atoms with Crippen LogP contribution in [0.4, 0.5) is 0 Å². The summed E-state index contributed by atoms with van der Waals surface area (Å²) < 4.78 is 26.2. The minimum atomic E-state index is -1.11. The lowest BCUT2D eigenvalue weighted by Gasteiger charge is -2.58. The second-order valence-corrected chi connectivity index (χ2v) is 16.8. The Morgan fingerprint density at radius 2 is 1.80 bits per heavy atom. The van der Waals surface area contributed by atoms with E-state index in [1.165, 1.54) is 7.11 Å². The molecule has 2 heterocycles. The Labute approximate surface area is 356 Å². The van der Waals surface area contributed by atoms with Crippen molar-refractivity contribution in [1.29, 1.82) is 0 Å². The largest absolute Gasteiger partial charge is 0.496 e. The second-order valence-electron chi connectivity index (χ2n) is 15.4. The predicted molar refractivity (Wildman–Crippen MR) is 233 cm³/mol. The molecule has 60 heavy (non-hydrogen) atoms. The van der Waals surface area contributed by atoms with Gasteiger partial charge in [-0.25, -0.2) is 0 Å². The van der Waals surface area contributed by atoms with E-state index in [1.807, 2.05) is 42.5 Å². The molecule has 6 unspecified atom stereocenters. The topological polar surface area (TPSA) is 142 Å². The molecule has 4 aromatic rings. The number of aryl methyl sites for hydroxylation is 1. The van der Waals surface area contributed by atoms with Gasteiger partial charge in [-0.3, -0.25) is 14.8 Å². The molecule has 0 radical (unpaired) electrons. The van der Waals surface area contributed by atoms with Crippen LogP contribution in [0.5, 0.6) is 23.0 Å². The van der Waals surface area contributed by atoms with E-state index in [2.05, 4.69) is 28.7 Å². The fourth-order valence-corrected chi connectivity index (χ4v) is 10.4. The van der Waals surface area contributed by atoms with Crippen LogP contribution in [0.3, 0.4) is 0 Å². The van der Waals surface area contributed by atoms with Crippen LogP contribution in [0.1, 0.15) is 78.0 Å². The highest BCUT2D eigenvalue weighted by Gasteiger charge is 2.64.